The van der Waals surface area contributed by atoms with Crippen LogP contribution in [-0.2, 0) is 0 Å². The summed E-state index contributed by atoms with van der Waals surface area (Å²) in [6.45, 7) is 4.18. The molecule has 1 atom stereocenters. The first-order valence-corrected chi connectivity index (χ1v) is 5.18. The van der Waals surface area contributed by atoms with Crippen molar-refractivity contribution < 1.29 is 0 Å². The van der Waals surface area contributed by atoms with Crippen molar-refractivity contribution in [3.8, 4) is 0 Å². The molecule has 0 radical (unpaired) electrons. The minimum absolute atomic E-state index is 0.201. The maximum atomic E-state index is 7.14. The smallest absolute Gasteiger partial charge is 0.104 e. The third-order valence-corrected chi connectivity index (χ3v) is 2.83. The fraction of sp³-hybridized carbons (Fsp3) is 0.875. The van der Waals surface area contributed by atoms with E-state index in [4.69, 9.17) is 11.1 Å². The average Bonchev–Trinajstić information content (AvgIpc) is 1.97. The van der Waals surface area contributed by atoms with Crippen LogP contribution in [0.2, 0.25) is 0 Å². The lowest BCUT2D eigenvalue weighted by Gasteiger charge is -2.07. The summed E-state index contributed by atoms with van der Waals surface area (Å²) in [6, 6.07) is 0. The predicted molar refractivity (Wildman–Crippen MR) is 53.4 cm³/mol. The lowest BCUT2D eigenvalue weighted by atomic mass is 10.3. The molecule has 0 bridgehead atoms. The number of nitrogens with two attached hydrogens (primary N) is 1. The number of rotatable bonds is 6. The van der Waals surface area contributed by atoms with Gasteiger partial charge in [0, 0.05) is 0 Å². The predicted octanol–water partition coefficient (Wildman–Crippen LogP) is 2.23. The zero-order valence-corrected chi connectivity index (χ0v) is 8.21. The summed E-state index contributed by atoms with van der Waals surface area (Å²) in [6.07, 6.45) is 3.80. The fourth-order valence-corrected chi connectivity index (χ4v) is 1.61. The van der Waals surface area contributed by atoms with Gasteiger partial charge in [0.1, 0.15) is 5.84 Å². The number of hydrogen-bond donors (Lipinski definition) is 2. The second-order valence-electron chi connectivity index (χ2n) is 2.68. The molecule has 0 aliphatic rings. The molecule has 11 heavy (non-hydrogen) atoms. The van der Waals surface area contributed by atoms with Crippen molar-refractivity contribution in [2.75, 3.05) is 5.75 Å². The number of amidine groups is 1. The second kappa shape index (κ2) is 6.53. The first kappa shape index (κ1) is 10.8. The van der Waals surface area contributed by atoms with Crippen molar-refractivity contribution in [1.29, 1.82) is 5.41 Å². The molecule has 2 nitrogen and oxygen atoms in total. The van der Waals surface area contributed by atoms with Gasteiger partial charge in [-0.25, -0.2) is 0 Å². The zero-order valence-electron chi connectivity index (χ0n) is 7.39. The average molecular weight is 174 g/mol. The Kier molecular flexibility index (Phi) is 6.42. The van der Waals surface area contributed by atoms with Gasteiger partial charge in [-0.05, 0) is 19.1 Å². The van der Waals surface area contributed by atoms with Crippen molar-refractivity contribution in [3.05, 3.63) is 0 Å². The summed E-state index contributed by atoms with van der Waals surface area (Å²) in [4.78, 5) is 0. The van der Waals surface area contributed by atoms with E-state index in [1.54, 1.807) is 11.8 Å². The van der Waals surface area contributed by atoms with Gasteiger partial charge in [-0.15, -0.1) is 0 Å². The van der Waals surface area contributed by atoms with Crippen molar-refractivity contribution in [3.63, 3.8) is 0 Å². The maximum Gasteiger partial charge on any atom is 0.104 e. The highest BCUT2D eigenvalue weighted by Gasteiger charge is 2.03. The van der Waals surface area contributed by atoms with E-state index in [2.05, 4.69) is 6.92 Å². The van der Waals surface area contributed by atoms with Gasteiger partial charge < -0.3 is 5.73 Å². The molecule has 0 aromatic carbocycles. The molecule has 0 amide bonds. The lowest BCUT2D eigenvalue weighted by Crippen LogP contribution is -2.22. The van der Waals surface area contributed by atoms with E-state index in [0.29, 0.717) is 5.84 Å². The molecule has 0 spiro atoms. The third kappa shape index (κ3) is 6.23. The normalized spacial score (nSPS) is 12.9. The number of thioether (sulfide) groups is 1. The highest BCUT2D eigenvalue weighted by Crippen LogP contribution is 2.12. The third-order valence-electron chi connectivity index (χ3n) is 1.55. The molecular formula is C8H18N2S. The van der Waals surface area contributed by atoms with E-state index < -0.39 is 0 Å². The van der Waals surface area contributed by atoms with Gasteiger partial charge in [-0.1, -0.05) is 19.8 Å². The summed E-state index contributed by atoms with van der Waals surface area (Å²) in [7, 11) is 0. The number of nitrogens with one attached hydrogen (secondary N) is 1. The summed E-state index contributed by atoms with van der Waals surface area (Å²) < 4.78 is 0. The molecule has 0 aliphatic carbocycles. The van der Waals surface area contributed by atoms with Gasteiger partial charge >= 0.3 is 0 Å². The molecule has 0 saturated heterocycles. The van der Waals surface area contributed by atoms with Gasteiger partial charge in [0.25, 0.3) is 0 Å². The first-order chi connectivity index (χ1) is 5.18. The zero-order chi connectivity index (χ0) is 8.69. The number of unbranched alkanes of at least 4 members (excludes halogenated alkanes) is 2. The molecule has 3 N–H and O–H groups in total. The van der Waals surface area contributed by atoms with E-state index in [-0.39, 0.29) is 5.25 Å². The maximum absolute atomic E-state index is 7.14. The van der Waals surface area contributed by atoms with Crippen molar-refractivity contribution >= 4 is 17.6 Å². The van der Waals surface area contributed by atoms with Gasteiger partial charge in [-0.2, -0.15) is 11.8 Å². The van der Waals surface area contributed by atoms with Gasteiger partial charge in [0.2, 0.25) is 0 Å². The van der Waals surface area contributed by atoms with Crippen molar-refractivity contribution in [2.45, 2.75) is 38.4 Å². The molecule has 66 valence electrons. The second-order valence-corrected chi connectivity index (χ2v) is 4.12. The minimum atomic E-state index is 0.201. The molecular weight excluding hydrogens is 156 g/mol. The van der Waals surface area contributed by atoms with E-state index in [1.165, 1.54) is 19.3 Å². The quantitative estimate of drug-likeness (QED) is 0.368. The highest BCUT2D eigenvalue weighted by molar-refractivity contribution is 8.00. The van der Waals surface area contributed by atoms with Gasteiger partial charge in [-0.3, -0.25) is 5.41 Å². The summed E-state index contributed by atoms with van der Waals surface area (Å²) in [5.74, 6) is 1.43. The van der Waals surface area contributed by atoms with Crippen LogP contribution in [0.1, 0.15) is 33.1 Å². The highest BCUT2D eigenvalue weighted by atomic mass is 32.2. The molecule has 0 aromatic rings. The largest absolute Gasteiger partial charge is 0.387 e. The standard InChI is InChI=1S/C8H18N2S/c1-3-4-5-6-11-7(2)8(9)10/h7H,3-6H2,1-2H3,(H3,9,10). The SMILES string of the molecule is CCCCCSC(C)C(=N)N. The Hall–Kier alpha value is -0.180. The van der Waals surface area contributed by atoms with E-state index >= 15 is 0 Å². The lowest BCUT2D eigenvalue weighted by molar-refractivity contribution is 0.778. The molecule has 3 heteroatoms. The topological polar surface area (TPSA) is 49.9 Å². The van der Waals surface area contributed by atoms with Crippen LogP contribution in [0.15, 0.2) is 0 Å². The number of hydrogen-bond acceptors (Lipinski definition) is 2. The van der Waals surface area contributed by atoms with Crippen LogP contribution in [0, 0.1) is 5.41 Å². The molecule has 0 saturated carbocycles. The summed E-state index contributed by atoms with van der Waals surface area (Å²) >= 11 is 1.77. The van der Waals surface area contributed by atoms with E-state index in [9.17, 15) is 0 Å². The summed E-state index contributed by atoms with van der Waals surface area (Å²) in [5.41, 5.74) is 5.31. The fourth-order valence-electron chi connectivity index (χ4n) is 0.702. The van der Waals surface area contributed by atoms with Crippen LogP contribution in [0.4, 0.5) is 0 Å². The van der Waals surface area contributed by atoms with Crippen LogP contribution in [0.25, 0.3) is 0 Å². The van der Waals surface area contributed by atoms with Crippen LogP contribution in [0.3, 0.4) is 0 Å². The van der Waals surface area contributed by atoms with Crippen LogP contribution >= 0.6 is 11.8 Å². The Bertz CT molecular complexity index is 115. The van der Waals surface area contributed by atoms with Gasteiger partial charge in [0.15, 0.2) is 0 Å². The van der Waals surface area contributed by atoms with Crippen molar-refractivity contribution in [2.24, 2.45) is 5.73 Å². The molecule has 1 unspecified atom stereocenters. The molecule has 0 fully saturated rings. The Morgan fingerprint density at radius 2 is 2.18 bits per heavy atom. The van der Waals surface area contributed by atoms with Crippen LogP contribution in [0.5, 0.6) is 0 Å². The molecule has 0 heterocycles. The first-order valence-electron chi connectivity index (χ1n) is 4.14. The molecule has 0 aromatic heterocycles. The Morgan fingerprint density at radius 3 is 2.64 bits per heavy atom. The molecule has 0 rings (SSSR count). The van der Waals surface area contributed by atoms with Crippen LogP contribution < -0.4 is 5.73 Å². The Morgan fingerprint density at radius 1 is 1.55 bits per heavy atom. The molecule has 0 aliphatic heterocycles. The summed E-state index contributed by atoms with van der Waals surface area (Å²) in [5, 5.41) is 7.34. The Labute approximate surface area is 73.4 Å². The Balaban J connectivity index is 3.17. The van der Waals surface area contributed by atoms with E-state index in [0.717, 1.165) is 5.75 Å². The monoisotopic (exact) mass is 174 g/mol. The van der Waals surface area contributed by atoms with Gasteiger partial charge in [0.05, 0.1) is 5.25 Å². The minimum Gasteiger partial charge on any atom is -0.387 e. The van der Waals surface area contributed by atoms with Crippen LogP contribution in [-0.4, -0.2) is 16.8 Å². The van der Waals surface area contributed by atoms with E-state index in [1.807, 2.05) is 6.92 Å². The van der Waals surface area contributed by atoms with Crippen molar-refractivity contribution in [1.82, 2.24) is 0 Å².